The predicted octanol–water partition coefficient (Wildman–Crippen LogP) is 3.12. The summed E-state index contributed by atoms with van der Waals surface area (Å²) in [5, 5.41) is 2.92. The lowest BCUT2D eigenvalue weighted by atomic mass is 10.1. The molecule has 1 heterocycles. The van der Waals surface area contributed by atoms with Crippen molar-refractivity contribution in [3.63, 3.8) is 0 Å². The molecule has 3 aromatic rings. The average molecular weight is 310 g/mol. The van der Waals surface area contributed by atoms with E-state index in [0.29, 0.717) is 23.6 Å². The minimum absolute atomic E-state index is 0.116. The van der Waals surface area contributed by atoms with Crippen LogP contribution in [0.25, 0.3) is 11.1 Å². The zero-order chi connectivity index (χ0) is 16.2. The topological polar surface area (TPSA) is 64.4 Å². The van der Waals surface area contributed by atoms with Crippen molar-refractivity contribution in [2.24, 2.45) is 0 Å². The predicted molar refractivity (Wildman–Crippen MR) is 87.8 cm³/mol. The van der Waals surface area contributed by atoms with E-state index < -0.39 is 0 Å². The number of benzene rings is 2. The van der Waals surface area contributed by atoms with Gasteiger partial charge in [0, 0.05) is 19.0 Å². The van der Waals surface area contributed by atoms with E-state index in [9.17, 15) is 4.79 Å². The number of methoxy groups -OCH3 is 1. The fourth-order valence-electron chi connectivity index (χ4n) is 2.40. The molecule has 5 nitrogen and oxygen atoms in total. The molecule has 0 aliphatic heterocycles. The molecule has 1 N–H and O–H groups in total. The number of aromatic nitrogens is 1. The third kappa shape index (κ3) is 3.51. The molecule has 3 rings (SSSR count). The lowest BCUT2D eigenvalue weighted by Crippen LogP contribution is -2.25. The second kappa shape index (κ2) is 6.52. The highest BCUT2D eigenvalue weighted by molar-refractivity contribution is 5.97. The number of aryl methyl sites for hydroxylation is 1. The molecule has 0 saturated carbocycles. The summed E-state index contributed by atoms with van der Waals surface area (Å²) in [6.07, 6.45) is 0.763. The first kappa shape index (κ1) is 15.1. The number of fused-ring (bicyclic) bond motifs is 1. The van der Waals surface area contributed by atoms with Crippen molar-refractivity contribution in [3.05, 3.63) is 59.5 Å². The maximum absolute atomic E-state index is 12.2. The standard InChI is InChI=1S/C18H18N2O3/c1-12-20-16-8-5-14(11-17(16)23-12)18(21)19-10-9-13-3-6-15(22-2)7-4-13/h3-8,11H,9-10H2,1-2H3,(H,19,21). The molecular weight excluding hydrogens is 292 g/mol. The minimum atomic E-state index is -0.116. The molecule has 0 saturated heterocycles. The van der Waals surface area contributed by atoms with Gasteiger partial charge in [0.05, 0.1) is 7.11 Å². The lowest BCUT2D eigenvalue weighted by Gasteiger charge is -2.06. The first-order valence-corrected chi connectivity index (χ1v) is 7.44. The Morgan fingerprint density at radius 1 is 1.22 bits per heavy atom. The van der Waals surface area contributed by atoms with Crippen molar-refractivity contribution in [2.45, 2.75) is 13.3 Å². The second-order valence-corrected chi connectivity index (χ2v) is 5.27. The van der Waals surface area contributed by atoms with Crippen molar-refractivity contribution >= 4 is 17.0 Å². The van der Waals surface area contributed by atoms with E-state index >= 15 is 0 Å². The first-order chi connectivity index (χ1) is 11.2. The van der Waals surface area contributed by atoms with Crippen LogP contribution in [0.1, 0.15) is 21.8 Å². The average Bonchev–Trinajstić information content (AvgIpc) is 2.94. The first-order valence-electron chi connectivity index (χ1n) is 7.44. The summed E-state index contributed by atoms with van der Waals surface area (Å²) >= 11 is 0. The number of hydrogen-bond acceptors (Lipinski definition) is 4. The van der Waals surface area contributed by atoms with Gasteiger partial charge in [-0.2, -0.15) is 0 Å². The van der Waals surface area contributed by atoms with Gasteiger partial charge in [0.1, 0.15) is 11.3 Å². The van der Waals surface area contributed by atoms with Crippen LogP contribution in [-0.4, -0.2) is 24.5 Å². The van der Waals surface area contributed by atoms with Crippen molar-refractivity contribution in [1.82, 2.24) is 10.3 Å². The van der Waals surface area contributed by atoms with Gasteiger partial charge in [0.15, 0.2) is 11.5 Å². The Labute approximate surface area is 134 Å². The van der Waals surface area contributed by atoms with E-state index in [-0.39, 0.29) is 5.91 Å². The van der Waals surface area contributed by atoms with E-state index in [1.165, 1.54) is 0 Å². The normalized spacial score (nSPS) is 10.7. The molecule has 0 atom stereocenters. The molecule has 1 amide bonds. The quantitative estimate of drug-likeness (QED) is 0.786. The van der Waals surface area contributed by atoms with Gasteiger partial charge in [-0.05, 0) is 42.3 Å². The fraction of sp³-hybridized carbons (Fsp3) is 0.222. The number of rotatable bonds is 5. The van der Waals surface area contributed by atoms with Crippen LogP contribution in [0, 0.1) is 6.92 Å². The maximum atomic E-state index is 12.2. The molecule has 0 bridgehead atoms. The minimum Gasteiger partial charge on any atom is -0.497 e. The SMILES string of the molecule is COc1ccc(CCNC(=O)c2ccc3nc(C)oc3c2)cc1. The Balaban J connectivity index is 1.59. The number of oxazole rings is 1. The zero-order valence-corrected chi connectivity index (χ0v) is 13.1. The number of hydrogen-bond donors (Lipinski definition) is 1. The molecule has 2 aromatic carbocycles. The number of ether oxygens (including phenoxy) is 1. The summed E-state index contributed by atoms with van der Waals surface area (Å²) in [5.74, 6) is 1.31. The summed E-state index contributed by atoms with van der Waals surface area (Å²) in [5.41, 5.74) is 3.11. The van der Waals surface area contributed by atoms with Crippen LogP contribution in [0.15, 0.2) is 46.9 Å². The van der Waals surface area contributed by atoms with Crippen molar-refractivity contribution in [1.29, 1.82) is 0 Å². The van der Waals surface area contributed by atoms with Crippen LogP contribution in [0.5, 0.6) is 5.75 Å². The molecule has 0 fully saturated rings. The van der Waals surface area contributed by atoms with Gasteiger partial charge in [0.25, 0.3) is 5.91 Å². The molecular formula is C18H18N2O3. The monoisotopic (exact) mass is 310 g/mol. The smallest absolute Gasteiger partial charge is 0.251 e. The molecule has 0 spiro atoms. The highest BCUT2D eigenvalue weighted by Gasteiger charge is 2.09. The van der Waals surface area contributed by atoms with Crippen LogP contribution in [0.2, 0.25) is 0 Å². The van der Waals surface area contributed by atoms with E-state index in [4.69, 9.17) is 9.15 Å². The van der Waals surface area contributed by atoms with Crippen LogP contribution >= 0.6 is 0 Å². The lowest BCUT2D eigenvalue weighted by molar-refractivity contribution is 0.0954. The third-order valence-electron chi connectivity index (χ3n) is 3.62. The van der Waals surface area contributed by atoms with E-state index in [2.05, 4.69) is 10.3 Å². The molecule has 0 radical (unpaired) electrons. The number of carbonyl (C=O) groups excluding carboxylic acids is 1. The summed E-state index contributed by atoms with van der Waals surface area (Å²) in [6, 6.07) is 13.1. The molecule has 23 heavy (non-hydrogen) atoms. The van der Waals surface area contributed by atoms with Gasteiger partial charge >= 0.3 is 0 Å². The Bertz CT molecular complexity index is 822. The van der Waals surface area contributed by atoms with E-state index in [0.717, 1.165) is 23.3 Å². The Kier molecular flexibility index (Phi) is 4.28. The van der Waals surface area contributed by atoms with Crippen LogP contribution in [-0.2, 0) is 6.42 Å². The third-order valence-corrected chi connectivity index (χ3v) is 3.62. The Hall–Kier alpha value is -2.82. The van der Waals surface area contributed by atoms with Crippen LogP contribution in [0.4, 0.5) is 0 Å². The van der Waals surface area contributed by atoms with Crippen molar-refractivity contribution in [2.75, 3.05) is 13.7 Å². The Morgan fingerprint density at radius 2 is 2.00 bits per heavy atom. The second-order valence-electron chi connectivity index (χ2n) is 5.27. The Morgan fingerprint density at radius 3 is 2.74 bits per heavy atom. The molecule has 0 aliphatic carbocycles. The fourth-order valence-corrected chi connectivity index (χ4v) is 2.40. The summed E-state index contributed by atoms with van der Waals surface area (Å²) in [7, 11) is 1.64. The number of nitrogens with zero attached hydrogens (tertiary/aromatic N) is 1. The highest BCUT2D eigenvalue weighted by Crippen LogP contribution is 2.17. The molecule has 118 valence electrons. The van der Waals surface area contributed by atoms with E-state index in [1.807, 2.05) is 24.3 Å². The summed E-state index contributed by atoms with van der Waals surface area (Å²) in [4.78, 5) is 16.4. The number of amides is 1. The number of carbonyl (C=O) groups is 1. The largest absolute Gasteiger partial charge is 0.497 e. The van der Waals surface area contributed by atoms with Gasteiger partial charge in [-0.25, -0.2) is 4.98 Å². The van der Waals surface area contributed by atoms with Gasteiger partial charge in [-0.15, -0.1) is 0 Å². The van der Waals surface area contributed by atoms with Crippen molar-refractivity contribution < 1.29 is 13.9 Å². The molecule has 0 aliphatic rings. The highest BCUT2D eigenvalue weighted by atomic mass is 16.5. The summed E-state index contributed by atoms with van der Waals surface area (Å²) in [6.45, 7) is 2.35. The van der Waals surface area contributed by atoms with Gasteiger partial charge in [-0.3, -0.25) is 4.79 Å². The van der Waals surface area contributed by atoms with Crippen molar-refractivity contribution in [3.8, 4) is 5.75 Å². The zero-order valence-electron chi connectivity index (χ0n) is 13.1. The number of nitrogens with one attached hydrogen (secondary N) is 1. The van der Waals surface area contributed by atoms with Crippen LogP contribution in [0.3, 0.4) is 0 Å². The molecule has 1 aromatic heterocycles. The molecule has 0 unspecified atom stereocenters. The van der Waals surface area contributed by atoms with Gasteiger partial charge < -0.3 is 14.5 Å². The summed E-state index contributed by atoms with van der Waals surface area (Å²) < 4.78 is 10.6. The van der Waals surface area contributed by atoms with Crippen LogP contribution < -0.4 is 10.1 Å². The molecule has 5 heteroatoms. The van der Waals surface area contributed by atoms with Gasteiger partial charge in [-0.1, -0.05) is 12.1 Å². The van der Waals surface area contributed by atoms with E-state index in [1.54, 1.807) is 32.2 Å². The van der Waals surface area contributed by atoms with Gasteiger partial charge in [0.2, 0.25) is 0 Å². The maximum Gasteiger partial charge on any atom is 0.251 e.